The Morgan fingerprint density at radius 3 is 2.50 bits per heavy atom. The lowest BCUT2D eigenvalue weighted by Crippen LogP contribution is -2.01. The second kappa shape index (κ2) is 4.06. The first-order chi connectivity index (χ1) is 6.79. The van der Waals surface area contributed by atoms with Crippen LogP contribution in [0.25, 0.3) is 5.95 Å². The lowest BCUT2D eigenvalue weighted by atomic mass is 10.4. The molecule has 72 valence electrons. The molecule has 2 rings (SSSR count). The van der Waals surface area contributed by atoms with Crippen molar-refractivity contribution in [2.75, 3.05) is 0 Å². The van der Waals surface area contributed by atoms with Crippen molar-refractivity contribution in [3.63, 3.8) is 0 Å². The molecule has 0 fully saturated rings. The first-order valence-electron chi connectivity index (χ1n) is 3.87. The Morgan fingerprint density at radius 1 is 1.29 bits per heavy atom. The van der Waals surface area contributed by atoms with Crippen molar-refractivity contribution in [3.8, 4) is 5.95 Å². The van der Waals surface area contributed by atoms with E-state index in [2.05, 4.69) is 31.0 Å². The molecule has 0 amide bonds. The van der Waals surface area contributed by atoms with E-state index < -0.39 is 0 Å². The maximum atomic E-state index is 5.72. The van der Waals surface area contributed by atoms with Crippen LogP contribution in [0.3, 0.4) is 0 Å². The van der Waals surface area contributed by atoms with Crippen LogP contribution in [0.2, 0.25) is 5.02 Å². The van der Waals surface area contributed by atoms with Gasteiger partial charge in [0.2, 0.25) is 5.95 Å². The normalized spacial score (nSPS) is 10.4. The van der Waals surface area contributed by atoms with E-state index in [-0.39, 0.29) is 0 Å². The summed E-state index contributed by atoms with van der Waals surface area (Å²) >= 11 is 9.04. The predicted octanol–water partition coefficient (Wildman–Crippen LogP) is 2.21. The van der Waals surface area contributed by atoms with E-state index in [9.17, 15) is 0 Å². The molecule has 0 saturated heterocycles. The van der Waals surface area contributed by atoms with E-state index >= 15 is 0 Å². The van der Waals surface area contributed by atoms with Crippen LogP contribution in [0.15, 0.2) is 24.8 Å². The van der Waals surface area contributed by atoms with E-state index in [0.717, 1.165) is 10.9 Å². The van der Waals surface area contributed by atoms with Crippen molar-refractivity contribution in [1.29, 1.82) is 0 Å². The highest BCUT2D eigenvalue weighted by Gasteiger charge is 2.01. The standard InChI is InChI=1S/C8H6BrClN4/c9-1-6-2-11-8(12-3-6)14-5-7(10)4-13-14/h2-5H,1H2. The third-order valence-electron chi connectivity index (χ3n) is 1.60. The molecule has 0 bridgehead atoms. The maximum absolute atomic E-state index is 5.72. The Labute approximate surface area is 94.1 Å². The number of rotatable bonds is 2. The lowest BCUT2D eigenvalue weighted by molar-refractivity contribution is 0.805. The largest absolute Gasteiger partial charge is 0.250 e. The van der Waals surface area contributed by atoms with Crippen LogP contribution in [0.1, 0.15) is 5.56 Å². The topological polar surface area (TPSA) is 43.6 Å². The van der Waals surface area contributed by atoms with Gasteiger partial charge in [0.05, 0.1) is 17.4 Å². The molecule has 2 heterocycles. The summed E-state index contributed by atoms with van der Waals surface area (Å²) in [6.45, 7) is 0. The third-order valence-corrected chi connectivity index (χ3v) is 2.44. The smallest absolute Gasteiger partial charge is 0.219 e. The molecule has 0 aromatic carbocycles. The quantitative estimate of drug-likeness (QED) is 0.788. The average Bonchev–Trinajstić information content (AvgIpc) is 2.65. The predicted molar refractivity (Wildman–Crippen MR) is 56.8 cm³/mol. The van der Waals surface area contributed by atoms with E-state index in [4.69, 9.17) is 11.6 Å². The maximum Gasteiger partial charge on any atom is 0.250 e. The fourth-order valence-corrected chi connectivity index (χ4v) is 1.37. The van der Waals surface area contributed by atoms with Crippen LogP contribution >= 0.6 is 27.5 Å². The molecule has 0 radical (unpaired) electrons. The summed E-state index contributed by atoms with van der Waals surface area (Å²) in [5.74, 6) is 0.515. The zero-order valence-electron chi connectivity index (χ0n) is 7.06. The Hall–Kier alpha value is -0.940. The Kier molecular flexibility index (Phi) is 2.79. The second-order valence-electron chi connectivity index (χ2n) is 2.63. The van der Waals surface area contributed by atoms with E-state index in [1.807, 2.05) is 0 Å². The van der Waals surface area contributed by atoms with Crippen molar-refractivity contribution in [1.82, 2.24) is 19.7 Å². The van der Waals surface area contributed by atoms with Gasteiger partial charge in [-0.05, 0) is 5.56 Å². The van der Waals surface area contributed by atoms with Crippen molar-refractivity contribution >= 4 is 27.5 Å². The molecular formula is C8H6BrClN4. The molecule has 0 aliphatic heterocycles. The lowest BCUT2D eigenvalue weighted by Gasteiger charge is -1.98. The fourth-order valence-electron chi connectivity index (χ4n) is 0.945. The summed E-state index contributed by atoms with van der Waals surface area (Å²) in [6, 6.07) is 0. The molecule has 4 nitrogen and oxygen atoms in total. The van der Waals surface area contributed by atoms with Crippen LogP contribution in [-0.2, 0) is 5.33 Å². The molecule has 0 spiro atoms. The second-order valence-corrected chi connectivity index (χ2v) is 3.63. The van der Waals surface area contributed by atoms with Gasteiger partial charge in [0, 0.05) is 17.7 Å². The molecule has 14 heavy (non-hydrogen) atoms. The van der Waals surface area contributed by atoms with Gasteiger partial charge in [0.15, 0.2) is 0 Å². The van der Waals surface area contributed by atoms with Gasteiger partial charge in [-0.25, -0.2) is 14.6 Å². The van der Waals surface area contributed by atoms with Crippen molar-refractivity contribution < 1.29 is 0 Å². The molecular weight excluding hydrogens is 267 g/mol. The summed E-state index contributed by atoms with van der Waals surface area (Å²) in [6.07, 6.45) is 6.69. The number of hydrogen-bond donors (Lipinski definition) is 0. The zero-order chi connectivity index (χ0) is 9.97. The van der Waals surface area contributed by atoms with Crippen LogP contribution in [-0.4, -0.2) is 19.7 Å². The number of aromatic nitrogens is 4. The minimum atomic E-state index is 0.515. The van der Waals surface area contributed by atoms with Gasteiger partial charge in [-0.2, -0.15) is 5.10 Å². The van der Waals surface area contributed by atoms with E-state index in [1.54, 1.807) is 24.8 Å². The summed E-state index contributed by atoms with van der Waals surface area (Å²) in [5.41, 5.74) is 1.02. The molecule has 2 aromatic rings. The Morgan fingerprint density at radius 2 is 2.00 bits per heavy atom. The molecule has 0 saturated carbocycles. The molecule has 0 aliphatic carbocycles. The highest BCUT2D eigenvalue weighted by molar-refractivity contribution is 9.08. The monoisotopic (exact) mass is 272 g/mol. The van der Waals surface area contributed by atoms with E-state index in [1.165, 1.54) is 4.68 Å². The summed E-state index contributed by atoms with van der Waals surface area (Å²) in [5, 5.41) is 5.30. The summed E-state index contributed by atoms with van der Waals surface area (Å²) < 4.78 is 1.53. The highest BCUT2D eigenvalue weighted by atomic mass is 79.9. The zero-order valence-corrected chi connectivity index (χ0v) is 9.40. The number of nitrogens with zero attached hydrogens (tertiary/aromatic N) is 4. The van der Waals surface area contributed by atoms with E-state index in [0.29, 0.717) is 11.0 Å². The Bertz CT molecular complexity index is 425. The average molecular weight is 274 g/mol. The third kappa shape index (κ3) is 1.93. The number of alkyl halides is 1. The number of halogens is 2. The van der Waals surface area contributed by atoms with Crippen LogP contribution < -0.4 is 0 Å². The van der Waals surface area contributed by atoms with Crippen LogP contribution in [0.4, 0.5) is 0 Å². The first-order valence-corrected chi connectivity index (χ1v) is 5.37. The first kappa shape index (κ1) is 9.61. The minimum Gasteiger partial charge on any atom is -0.219 e. The van der Waals surface area contributed by atoms with Gasteiger partial charge in [0.25, 0.3) is 0 Å². The fraction of sp³-hybridized carbons (Fsp3) is 0.125. The molecule has 0 atom stereocenters. The van der Waals surface area contributed by atoms with Crippen molar-refractivity contribution in [3.05, 3.63) is 35.4 Å². The highest BCUT2D eigenvalue weighted by Crippen LogP contribution is 2.08. The van der Waals surface area contributed by atoms with Crippen molar-refractivity contribution in [2.24, 2.45) is 0 Å². The minimum absolute atomic E-state index is 0.515. The molecule has 0 unspecified atom stereocenters. The van der Waals surface area contributed by atoms with Gasteiger partial charge in [-0.3, -0.25) is 0 Å². The molecule has 0 aliphatic rings. The molecule has 2 aromatic heterocycles. The van der Waals surface area contributed by atoms with Crippen LogP contribution in [0, 0.1) is 0 Å². The van der Waals surface area contributed by atoms with Crippen LogP contribution in [0.5, 0.6) is 0 Å². The molecule has 6 heteroatoms. The van der Waals surface area contributed by atoms with Gasteiger partial charge >= 0.3 is 0 Å². The van der Waals surface area contributed by atoms with Gasteiger partial charge in [-0.1, -0.05) is 27.5 Å². The summed E-state index contributed by atoms with van der Waals surface area (Å²) in [4.78, 5) is 8.27. The van der Waals surface area contributed by atoms with Gasteiger partial charge in [-0.15, -0.1) is 0 Å². The van der Waals surface area contributed by atoms with Gasteiger partial charge < -0.3 is 0 Å². The number of hydrogen-bond acceptors (Lipinski definition) is 3. The SMILES string of the molecule is Clc1cnn(-c2ncc(CBr)cn2)c1. The Balaban J connectivity index is 2.33. The van der Waals surface area contributed by atoms with Crippen molar-refractivity contribution in [2.45, 2.75) is 5.33 Å². The summed E-state index contributed by atoms with van der Waals surface area (Å²) in [7, 11) is 0. The van der Waals surface area contributed by atoms with Gasteiger partial charge in [0.1, 0.15) is 0 Å². The molecule has 0 N–H and O–H groups in total.